The number of ether oxygens (including phenoxy) is 1. The van der Waals surface area contributed by atoms with Gasteiger partial charge in [-0.3, -0.25) is 4.79 Å². The lowest BCUT2D eigenvalue weighted by molar-refractivity contribution is -0.190. The molecule has 0 aliphatic heterocycles. The van der Waals surface area contributed by atoms with E-state index in [9.17, 15) is 14.7 Å². The second-order valence-corrected chi connectivity index (χ2v) is 7.96. The summed E-state index contributed by atoms with van der Waals surface area (Å²) in [7, 11) is 0. The van der Waals surface area contributed by atoms with Crippen molar-refractivity contribution >= 4 is 23.2 Å². The number of carboxylic acids is 1. The monoisotopic (exact) mass is 374 g/mol. The van der Waals surface area contributed by atoms with Crippen molar-refractivity contribution in [2.45, 2.75) is 38.8 Å². The molecule has 2 atom stereocenters. The first-order chi connectivity index (χ1) is 12.3. The van der Waals surface area contributed by atoms with Crippen molar-refractivity contribution in [1.29, 1.82) is 0 Å². The van der Waals surface area contributed by atoms with Crippen LogP contribution in [-0.2, 0) is 9.53 Å². The van der Waals surface area contributed by atoms with Crippen molar-refractivity contribution in [2.24, 2.45) is 5.41 Å². The molecule has 26 heavy (non-hydrogen) atoms. The minimum atomic E-state index is -1.35. The summed E-state index contributed by atoms with van der Waals surface area (Å²) >= 11 is 1.24. The third-order valence-corrected chi connectivity index (χ3v) is 6.25. The van der Waals surface area contributed by atoms with Crippen LogP contribution in [0.15, 0.2) is 36.5 Å². The lowest BCUT2D eigenvalue weighted by Gasteiger charge is -2.58. The van der Waals surface area contributed by atoms with E-state index in [4.69, 9.17) is 4.74 Å². The summed E-state index contributed by atoms with van der Waals surface area (Å²) in [4.78, 5) is 29.4. The third-order valence-electron chi connectivity index (χ3n) is 5.21. The van der Waals surface area contributed by atoms with Crippen molar-refractivity contribution in [3.05, 3.63) is 41.4 Å². The number of aromatic nitrogens is 1. The highest BCUT2D eigenvalue weighted by atomic mass is 32.1. The Balaban J connectivity index is 1.80. The smallest absolute Gasteiger partial charge is 0.330 e. The zero-order chi connectivity index (χ0) is 18.9. The van der Waals surface area contributed by atoms with Crippen molar-refractivity contribution in [1.82, 2.24) is 10.3 Å². The fraction of sp³-hybridized carbons (Fsp3) is 0.421. The van der Waals surface area contributed by atoms with Crippen LogP contribution in [-0.4, -0.2) is 40.2 Å². The molecule has 1 aromatic heterocycles. The maximum atomic E-state index is 12.7. The van der Waals surface area contributed by atoms with Gasteiger partial charge in [0.1, 0.15) is 15.4 Å². The Labute approximate surface area is 156 Å². The molecule has 1 aromatic carbocycles. The average molecular weight is 374 g/mol. The number of amides is 1. The van der Waals surface area contributed by atoms with Crippen LogP contribution in [0.3, 0.4) is 0 Å². The fourth-order valence-electron chi connectivity index (χ4n) is 3.39. The summed E-state index contributed by atoms with van der Waals surface area (Å²) in [5, 5.41) is 13.3. The van der Waals surface area contributed by atoms with E-state index in [2.05, 4.69) is 10.3 Å². The second-order valence-electron chi connectivity index (χ2n) is 6.93. The number of benzene rings is 1. The van der Waals surface area contributed by atoms with E-state index in [0.717, 1.165) is 10.6 Å². The second kappa shape index (κ2) is 6.81. The maximum absolute atomic E-state index is 12.7. The van der Waals surface area contributed by atoms with Crippen LogP contribution in [0.1, 0.15) is 36.9 Å². The average Bonchev–Trinajstić information content (AvgIpc) is 3.11. The Morgan fingerprint density at radius 2 is 2.04 bits per heavy atom. The SMILES string of the molecule is CCOC1CC(NC(=O)c2cnc(-c3ccccc3)s2)(C(=O)O)C1(C)C. The van der Waals surface area contributed by atoms with Gasteiger partial charge in [-0.25, -0.2) is 9.78 Å². The van der Waals surface area contributed by atoms with Gasteiger partial charge in [-0.15, -0.1) is 11.3 Å². The topological polar surface area (TPSA) is 88.5 Å². The van der Waals surface area contributed by atoms with Gasteiger partial charge in [-0.1, -0.05) is 44.2 Å². The summed E-state index contributed by atoms with van der Waals surface area (Å²) < 4.78 is 5.62. The molecule has 138 valence electrons. The summed E-state index contributed by atoms with van der Waals surface area (Å²) in [6.07, 6.45) is 1.54. The van der Waals surface area contributed by atoms with E-state index in [1.54, 1.807) is 0 Å². The number of nitrogens with zero attached hydrogens (tertiary/aromatic N) is 1. The van der Waals surface area contributed by atoms with E-state index in [1.165, 1.54) is 17.5 Å². The molecule has 1 aliphatic rings. The molecule has 1 aliphatic carbocycles. The molecule has 6 nitrogen and oxygen atoms in total. The van der Waals surface area contributed by atoms with Crippen molar-refractivity contribution in [3.8, 4) is 10.6 Å². The first kappa shape index (κ1) is 18.5. The first-order valence-corrected chi connectivity index (χ1v) is 9.32. The zero-order valence-corrected chi connectivity index (χ0v) is 15.8. The summed E-state index contributed by atoms with van der Waals surface area (Å²) in [5.74, 6) is -1.46. The highest BCUT2D eigenvalue weighted by molar-refractivity contribution is 7.16. The zero-order valence-electron chi connectivity index (χ0n) is 15.0. The molecule has 3 rings (SSSR count). The van der Waals surface area contributed by atoms with Crippen LogP contribution < -0.4 is 5.32 Å². The lowest BCUT2D eigenvalue weighted by Crippen LogP contribution is -2.76. The standard InChI is InChI=1S/C19H22N2O4S/c1-4-25-14-10-19(17(23)24,18(14,2)3)21-15(22)13-11-20-16(26-13)12-8-6-5-7-9-12/h5-9,11,14H,4,10H2,1-3H3,(H,21,22)(H,23,24). The molecule has 2 N–H and O–H groups in total. The van der Waals surface area contributed by atoms with Crippen LogP contribution in [0.25, 0.3) is 10.6 Å². The van der Waals surface area contributed by atoms with E-state index in [1.807, 2.05) is 51.1 Å². The number of nitrogens with one attached hydrogen (secondary N) is 1. The van der Waals surface area contributed by atoms with Gasteiger partial charge in [0.15, 0.2) is 0 Å². The molecule has 1 fully saturated rings. The minimum Gasteiger partial charge on any atom is -0.479 e. The largest absolute Gasteiger partial charge is 0.479 e. The Morgan fingerprint density at radius 1 is 1.35 bits per heavy atom. The van der Waals surface area contributed by atoms with E-state index >= 15 is 0 Å². The molecule has 1 heterocycles. The van der Waals surface area contributed by atoms with Crippen LogP contribution in [0, 0.1) is 5.41 Å². The highest BCUT2D eigenvalue weighted by Gasteiger charge is 2.66. The molecule has 7 heteroatoms. The lowest BCUT2D eigenvalue weighted by atomic mass is 9.54. The fourth-order valence-corrected chi connectivity index (χ4v) is 4.20. The molecule has 2 unspecified atom stereocenters. The van der Waals surface area contributed by atoms with E-state index < -0.39 is 22.8 Å². The molecule has 1 saturated carbocycles. The van der Waals surface area contributed by atoms with Crippen molar-refractivity contribution in [3.63, 3.8) is 0 Å². The Kier molecular flexibility index (Phi) is 4.86. The first-order valence-electron chi connectivity index (χ1n) is 8.50. The quantitative estimate of drug-likeness (QED) is 0.811. The van der Waals surface area contributed by atoms with Crippen LogP contribution >= 0.6 is 11.3 Å². The summed E-state index contributed by atoms with van der Waals surface area (Å²) in [5.41, 5.74) is -1.14. The highest BCUT2D eigenvalue weighted by Crippen LogP contribution is 2.51. The molecule has 0 radical (unpaired) electrons. The van der Waals surface area contributed by atoms with Crippen molar-refractivity contribution in [2.75, 3.05) is 6.61 Å². The molecule has 2 aromatic rings. The Morgan fingerprint density at radius 3 is 2.62 bits per heavy atom. The number of hydrogen-bond donors (Lipinski definition) is 2. The number of hydrogen-bond acceptors (Lipinski definition) is 5. The van der Waals surface area contributed by atoms with E-state index in [0.29, 0.717) is 11.5 Å². The molecule has 0 saturated heterocycles. The predicted molar refractivity (Wildman–Crippen MR) is 99.2 cm³/mol. The third kappa shape index (κ3) is 2.91. The van der Waals surface area contributed by atoms with Gasteiger partial charge in [-0.2, -0.15) is 0 Å². The van der Waals surface area contributed by atoms with Gasteiger partial charge in [0.05, 0.1) is 12.3 Å². The summed E-state index contributed by atoms with van der Waals surface area (Å²) in [6.45, 7) is 6.01. The number of carbonyl (C=O) groups excluding carboxylic acids is 1. The van der Waals surface area contributed by atoms with Crippen LogP contribution in [0.2, 0.25) is 0 Å². The molecule has 0 spiro atoms. The Bertz CT molecular complexity index is 818. The minimum absolute atomic E-state index is 0.203. The van der Waals surface area contributed by atoms with Crippen LogP contribution in [0.5, 0.6) is 0 Å². The van der Waals surface area contributed by atoms with Crippen molar-refractivity contribution < 1.29 is 19.4 Å². The molecular weight excluding hydrogens is 352 g/mol. The van der Waals surface area contributed by atoms with Gasteiger partial charge in [-0.05, 0) is 6.92 Å². The molecule has 0 bridgehead atoms. The normalized spacial score (nSPS) is 23.9. The number of carboxylic acid groups (broad SMARTS) is 1. The maximum Gasteiger partial charge on any atom is 0.330 e. The van der Waals surface area contributed by atoms with E-state index in [-0.39, 0.29) is 12.5 Å². The van der Waals surface area contributed by atoms with Gasteiger partial charge < -0.3 is 15.2 Å². The number of thiazole rings is 1. The number of rotatable bonds is 6. The van der Waals surface area contributed by atoms with Gasteiger partial charge in [0.25, 0.3) is 5.91 Å². The molecular formula is C19H22N2O4S. The Hall–Kier alpha value is -2.25. The number of aliphatic carboxylic acids is 1. The summed E-state index contributed by atoms with van der Waals surface area (Å²) in [6, 6.07) is 9.55. The van der Waals surface area contributed by atoms with Crippen LogP contribution in [0.4, 0.5) is 0 Å². The van der Waals surface area contributed by atoms with Gasteiger partial charge in [0.2, 0.25) is 0 Å². The van der Waals surface area contributed by atoms with Gasteiger partial charge >= 0.3 is 5.97 Å². The predicted octanol–water partition coefficient (Wildman–Crippen LogP) is 3.20. The molecule has 1 amide bonds. The number of carbonyl (C=O) groups is 2. The van der Waals surface area contributed by atoms with Gasteiger partial charge in [0, 0.05) is 24.0 Å².